The van der Waals surface area contributed by atoms with E-state index in [1.54, 1.807) is 56.0 Å². The second kappa shape index (κ2) is 9.13. The van der Waals surface area contributed by atoms with Gasteiger partial charge in [-0.05, 0) is 35.4 Å². The van der Waals surface area contributed by atoms with Crippen LogP contribution in [0.3, 0.4) is 0 Å². The van der Waals surface area contributed by atoms with Crippen LogP contribution < -0.4 is 20.3 Å². The van der Waals surface area contributed by atoms with Crippen LogP contribution >= 0.6 is 0 Å². The van der Waals surface area contributed by atoms with Crippen LogP contribution in [0, 0.1) is 0 Å². The van der Waals surface area contributed by atoms with Crippen LogP contribution in [0.2, 0.25) is 0 Å². The molecule has 10 heteroatoms. The average Bonchev–Trinajstić information content (AvgIpc) is 3.38. The predicted octanol–water partition coefficient (Wildman–Crippen LogP) is 1.89. The molecule has 1 atom stereocenters. The zero-order chi connectivity index (χ0) is 22.5. The van der Waals surface area contributed by atoms with Gasteiger partial charge in [0.25, 0.3) is 11.5 Å². The number of methoxy groups -OCH3 is 2. The number of nitrogens with zero attached hydrogens (tertiary/aromatic N) is 4. The maximum Gasteiger partial charge on any atom is 0.265 e. The number of aromatic amines is 1. The average molecular weight is 432 g/mol. The summed E-state index contributed by atoms with van der Waals surface area (Å²) in [4.78, 5) is 36.5. The molecular weight excluding hydrogens is 412 g/mol. The van der Waals surface area contributed by atoms with Crippen LogP contribution in [0.1, 0.15) is 27.5 Å². The van der Waals surface area contributed by atoms with Gasteiger partial charge in [-0.15, -0.1) is 0 Å². The van der Waals surface area contributed by atoms with E-state index in [2.05, 4.69) is 25.4 Å². The standard InChI is InChI=1S/C22H20N6O4/c1-31-16-7-4-14(5-8-16)19(15-6-9-18(32-2)23-12-15)26-20(29)17-13-24-22(27-21(17)30)28-11-3-10-25-28/h3-13,19H,1-2H3,(H,26,29)(H,24,27,30). The summed E-state index contributed by atoms with van der Waals surface area (Å²) in [6.07, 6.45) is 6.02. The number of carbonyl (C=O) groups is 1. The first-order valence-corrected chi connectivity index (χ1v) is 9.63. The van der Waals surface area contributed by atoms with E-state index in [1.165, 1.54) is 18.0 Å². The Morgan fingerprint density at radius 3 is 2.41 bits per heavy atom. The third-order valence-electron chi connectivity index (χ3n) is 4.78. The Bertz CT molecular complexity index is 1200. The van der Waals surface area contributed by atoms with Gasteiger partial charge in [-0.3, -0.25) is 14.6 Å². The van der Waals surface area contributed by atoms with Crippen LogP contribution in [0.15, 0.2) is 72.0 Å². The van der Waals surface area contributed by atoms with Gasteiger partial charge in [0.05, 0.1) is 20.3 Å². The molecule has 4 aromatic rings. The molecule has 32 heavy (non-hydrogen) atoms. The van der Waals surface area contributed by atoms with Crippen LogP contribution in [0.25, 0.3) is 5.95 Å². The minimum absolute atomic E-state index is 0.124. The van der Waals surface area contributed by atoms with Crippen molar-refractivity contribution in [2.45, 2.75) is 6.04 Å². The predicted molar refractivity (Wildman–Crippen MR) is 115 cm³/mol. The number of ether oxygens (including phenoxy) is 2. The molecule has 3 aromatic heterocycles. The van der Waals surface area contributed by atoms with Gasteiger partial charge in [-0.1, -0.05) is 12.1 Å². The van der Waals surface area contributed by atoms with Gasteiger partial charge in [-0.25, -0.2) is 14.6 Å². The van der Waals surface area contributed by atoms with Crippen LogP contribution in [0.5, 0.6) is 11.6 Å². The SMILES string of the molecule is COc1ccc(C(NC(=O)c2cnc(-n3cccn3)[nH]c2=O)c2ccc(OC)nc2)cc1. The fourth-order valence-electron chi connectivity index (χ4n) is 3.11. The Hall–Kier alpha value is -4.47. The summed E-state index contributed by atoms with van der Waals surface area (Å²) < 4.78 is 11.7. The number of aromatic nitrogens is 5. The number of carbonyl (C=O) groups excluding carboxylic acids is 1. The summed E-state index contributed by atoms with van der Waals surface area (Å²) >= 11 is 0. The summed E-state index contributed by atoms with van der Waals surface area (Å²) in [5.41, 5.74) is 0.788. The molecule has 0 bridgehead atoms. The van der Waals surface area contributed by atoms with Crippen molar-refractivity contribution in [2.24, 2.45) is 0 Å². The van der Waals surface area contributed by atoms with E-state index in [9.17, 15) is 9.59 Å². The van der Waals surface area contributed by atoms with E-state index in [1.807, 2.05) is 12.1 Å². The Labute approximate surface area is 182 Å². The van der Waals surface area contributed by atoms with Crippen molar-refractivity contribution in [2.75, 3.05) is 14.2 Å². The molecule has 1 amide bonds. The second-order valence-corrected chi connectivity index (χ2v) is 6.71. The quantitative estimate of drug-likeness (QED) is 0.457. The lowest BCUT2D eigenvalue weighted by Crippen LogP contribution is -2.34. The van der Waals surface area contributed by atoms with Crippen molar-refractivity contribution in [1.29, 1.82) is 0 Å². The van der Waals surface area contributed by atoms with Gasteiger partial charge >= 0.3 is 0 Å². The molecule has 0 aliphatic carbocycles. The molecule has 0 saturated carbocycles. The highest BCUT2D eigenvalue weighted by molar-refractivity contribution is 5.94. The summed E-state index contributed by atoms with van der Waals surface area (Å²) in [6, 6.07) is 11.9. The zero-order valence-electron chi connectivity index (χ0n) is 17.4. The first kappa shape index (κ1) is 20.8. The largest absolute Gasteiger partial charge is 0.497 e. The molecule has 0 saturated heterocycles. The Morgan fingerprint density at radius 2 is 1.81 bits per heavy atom. The fraction of sp³-hybridized carbons (Fsp3) is 0.136. The van der Waals surface area contributed by atoms with Gasteiger partial charge < -0.3 is 14.8 Å². The monoisotopic (exact) mass is 432 g/mol. The summed E-state index contributed by atoms with van der Waals surface area (Å²) in [5, 5.41) is 6.91. The summed E-state index contributed by atoms with van der Waals surface area (Å²) in [7, 11) is 3.10. The lowest BCUT2D eigenvalue weighted by atomic mass is 9.99. The summed E-state index contributed by atoms with van der Waals surface area (Å²) in [6.45, 7) is 0. The van der Waals surface area contributed by atoms with E-state index in [4.69, 9.17) is 9.47 Å². The Balaban J connectivity index is 1.65. The number of pyridine rings is 1. The lowest BCUT2D eigenvalue weighted by Gasteiger charge is -2.20. The van der Waals surface area contributed by atoms with Gasteiger partial charge in [0.2, 0.25) is 11.8 Å². The molecule has 0 aliphatic heterocycles. The van der Waals surface area contributed by atoms with Gasteiger partial charge in [0, 0.05) is 30.9 Å². The van der Waals surface area contributed by atoms with Gasteiger partial charge in [0.1, 0.15) is 11.3 Å². The Kier molecular flexibility index (Phi) is 5.93. The second-order valence-electron chi connectivity index (χ2n) is 6.71. The van der Waals surface area contributed by atoms with Gasteiger partial charge in [0.15, 0.2) is 0 Å². The third-order valence-corrected chi connectivity index (χ3v) is 4.78. The van der Waals surface area contributed by atoms with Crippen molar-refractivity contribution in [1.82, 2.24) is 30.0 Å². The molecule has 2 N–H and O–H groups in total. The number of benzene rings is 1. The number of nitrogens with one attached hydrogen (secondary N) is 2. The first-order valence-electron chi connectivity index (χ1n) is 9.63. The molecule has 0 radical (unpaired) electrons. The normalized spacial score (nSPS) is 11.6. The number of hydrogen-bond acceptors (Lipinski definition) is 7. The van der Waals surface area contributed by atoms with Crippen molar-refractivity contribution in [3.8, 4) is 17.6 Å². The van der Waals surface area contributed by atoms with Crippen molar-refractivity contribution < 1.29 is 14.3 Å². The molecule has 10 nitrogen and oxygen atoms in total. The summed E-state index contributed by atoms with van der Waals surface area (Å²) in [5.74, 6) is 0.759. The van der Waals surface area contributed by atoms with E-state index >= 15 is 0 Å². The van der Waals surface area contributed by atoms with Crippen LogP contribution in [-0.4, -0.2) is 44.9 Å². The van der Waals surface area contributed by atoms with E-state index in [0.717, 1.165) is 5.56 Å². The van der Waals surface area contributed by atoms with E-state index in [0.29, 0.717) is 17.2 Å². The smallest absolute Gasteiger partial charge is 0.265 e. The molecule has 162 valence electrons. The highest BCUT2D eigenvalue weighted by Gasteiger charge is 2.21. The molecule has 0 spiro atoms. The maximum absolute atomic E-state index is 13.0. The van der Waals surface area contributed by atoms with E-state index in [-0.39, 0.29) is 11.5 Å². The van der Waals surface area contributed by atoms with Crippen LogP contribution in [0.4, 0.5) is 0 Å². The number of H-pyrrole nitrogens is 1. The topological polar surface area (TPSA) is 124 Å². The number of rotatable bonds is 7. The molecule has 4 rings (SSSR count). The molecule has 1 unspecified atom stereocenters. The maximum atomic E-state index is 13.0. The molecule has 3 heterocycles. The molecule has 0 aliphatic rings. The minimum atomic E-state index is -0.581. The highest BCUT2D eigenvalue weighted by Crippen LogP contribution is 2.25. The van der Waals surface area contributed by atoms with Crippen molar-refractivity contribution in [3.05, 3.63) is 94.3 Å². The van der Waals surface area contributed by atoms with E-state index < -0.39 is 17.5 Å². The minimum Gasteiger partial charge on any atom is -0.497 e. The number of amides is 1. The third kappa shape index (κ3) is 4.33. The lowest BCUT2D eigenvalue weighted by molar-refractivity contribution is 0.0941. The fourth-order valence-corrected chi connectivity index (χ4v) is 3.11. The molecular formula is C22H20N6O4. The molecule has 1 aromatic carbocycles. The van der Waals surface area contributed by atoms with Crippen molar-refractivity contribution >= 4 is 5.91 Å². The van der Waals surface area contributed by atoms with Gasteiger partial charge in [-0.2, -0.15) is 5.10 Å². The zero-order valence-corrected chi connectivity index (χ0v) is 17.4. The highest BCUT2D eigenvalue weighted by atomic mass is 16.5. The van der Waals surface area contributed by atoms with Crippen LogP contribution in [-0.2, 0) is 0 Å². The van der Waals surface area contributed by atoms with Crippen molar-refractivity contribution in [3.63, 3.8) is 0 Å². The number of hydrogen-bond donors (Lipinski definition) is 2. The first-order chi connectivity index (χ1) is 15.6. The molecule has 0 fully saturated rings. The Morgan fingerprint density at radius 1 is 1.03 bits per heavy atom.